The first-order chi connectivity index (χ1) is 15.1. The summed E-state index contributed by atoms with van der Waals surface area (Å²) < 4.78 is 13.8. The lowest BCUT2D eigenvalue weighted by atomic mass is 10.2. The molecule has 0 radical (unpaired) electrons. The smallest absolute Gasteiger partial charge is 0.263 e. The fraction of sp³-hybridized carbons (Fsp3) is 0.739. The van der Waals surface area contributed by atoms with Crippen LogP contribution in [0.1, 0.15) is 43.6 Å². The second-order valence-electron chi connectivity index (χ2n) is 9.44. The molecule has 5 rings (SSSR count). The highest BCUT2D eigenvalue weighted by molar-refractivity contribution is 7.99. The Morgan fingerprint density at radius 3 is 2.87 bits per heavy atom. The average Bonchev–Trinajstić information content (AvgIpc) is 3.46. The lowest BCUT2D eigenvalue weighted by molar-refractivity contribution is -0.0191. The van der Waals surface area contributed by atoms with Crippen LogP contribution in [0, 0.1) is 5.92 Å². The first-order valence-corrected chi connectivity index (χ1v) is 13.5. The Morgan fingerprint density at radius 1 is 1.19 bits per heavy atom. The number of nitrogens with zero attached hydrogens (tertiary/aromatic N) is 3. The summed E-state index contributed by atoms with van der Waals surface area (Å²) in [6.45, 7) is 9.79. The Bertz CT molecular complexity index is 981. The van der Waals surface area contributed by atoms with Crippen LogP contribution in [-0.2, 0) is 28.9 Å². The van der Waals surface area contributed by atoms with Gasteiger partial charge in [-0.1, -0.05) is 25.6 Å². The summed E-state index contributed by atoms with van der Waals surface area (Å²) in [6.07, 6.45) is 5.65. The van der Waals surface area contributed by atoms with Crippen LogP contribution in [0.3, 0.4) is 0 Å². The van der Waals surface area contributed by atoms with Gasteiger partial charge < -0.3 is 9.47 Å². The van der Waals surface area contributed by atoms with Crippen molar-refractivity contribution in [1.29, 1.82) is 0 Å². The molecule has 0 amide bonds. The second kappa shape index (κ2) is 9.51. The van der Waals surface area contributed by atoms with Crippen molar-refractivity contribution in [2.24, 2.45) is 5.92 Å². The standard InChI is InChI=1S/C23H33N3O3S2/c1-15(2)11-25-8-10-29-17(12-25)14-30-23-24-21-20(18-6-3-7-19(18)31-21)22(27)26(23)13-16-5-4-9-28-16/h15-17H,3-14H2,1-2H3/t16-,17+/m0/s1. The van der Waals surface area contributed by atoms with Gasteiger partial charge in [-0.2, -0.15) is 0 Å². The zero-order chi connectivity index (χ0) is 21.4. The zero-order valence-corrected chi connectivity index (χ0v) is 20.2. The number of morpholine rings is 1. The van der Waals surface area contributed by atoms with Gasteiger partial charge in [0.15, 0.2) is 5.16 Å². The minimum Gasteiger partial charge on any atom is -0.376 e. The van der Waals surface area contributed by atoms with Crippen LogP contribution < -0.4 is 5.56 Å². The van der Waals surface area contributed by atoms with Crippen LogP contribution in [0.25, 0.3) is 10.2 Å². The summed E-state index contributed by atoms with van der Waals surface area (Å²) in [5.74, 6) is 1.48. The van der Waals surface area contributed by atoms with Crippen LogP contribution in [0.15, 0.2) is 9.95 Å². The molecular weight excluding hydrogens is 430 g/mol. The molecule has 0 N–H and O–H groups in total. The van der Waals surface area contributed by atoms with Crippen molar-refractivity contribution in [2.75, 3.05) is 38.6 Å². The Kier molecular flexibility index (Phi) is 6.72. The molecule has 0 aromatic carbocycles. The lowest BCUT2D eigenvalue weighted by Gasteiger charge is -2.33. The zero-order valence-electron chi connectivity index (χ0n) is 18.6. The molecule has 0 spiro atoms. The predicted molar refractivity (Wildman–Crippen MR) is 127 cm³/mol. The molecule has 2 atom stereocenters. The molecule has 2 aromatic heterocycles. The van der Waals surface area contributed by atoms with Crippen LogP contribution in [0.2, 0.25) is 0 Å². The maximum Gasteiger partial charge on any atom is 0.263 e. The lowest BCUT2D eigenvalue weighted by Crippen LogP contribution is -2.45. The van der Waals surface area contributed by atoms with Crippen LogP contribution in [-0.4, -0.2) is 65.3 Å². The maximum atomic E-state index is 13.6. The van der Waals surface area contributed by atoms with Gasteiger partial charge >= 0.3 is 0 Å². The average molecular weight is 464 g/mol. The Morgan fingerprint density at radius 2 is 2.06 bits per heavy atom. The van der Waals surface area contributed by atoms with Gasteiger partial charge in [-0.25, -0.2) is 4.98 Å². The summed E-state index contributed by atoms with van der Waals surface area (Å²) >= 11 is 3.41. The first-order valence-electron chi connectivity index (χ1n) is 11.7. The highest BCUT2D eigenvalue weighted by Gasteiger charge is 2.27. The van der Waals surface area contributed by atoms with Crippen molar-refractivity contribution >= 4 is 33.3 Å². The van der Waals surface area contributed by atoms with Gasteiger partial charge in [0.05, 0.1) is 30.7 Å². The van der Waals surface area contributed by atoms with Crippen molar-refractivity contribution in [3.05, 3.63) is 20.8 Å². The third kappa shape index (κ3) is 4.74. The largest absolute Gasteiger partial charge is 0.376 e. The number of thiophene rings is 1. The van der Waals surface area contributed by atoms with Crippen LogP contribution >= 0.6 is 23.1 Å². The minimum absolute atomic E-state index is 0.121. The monoisotopic (exact) mass is 463 g/mol. The fourth-order valence-electron chi connectivity index (χ4n) is 5.05. The van der Waals surface area contributed by atoms with Crippen molar-refractivity contribution < 1.29 is 9.47 Å². The van der Waals surface area contributed by atoms with Gasteiger partial charge in [-0.05, 0) is 43.6 Å². The molecule has 2 fully saturated rings. The number of aryl methyl sites for hydroxylation is 2. The Hall–Kier alpha value is -0.930. The third-order valence-electron chi connectivity index (χ3n) is 6.44. The van der Waals surface area contributed by atoms with E-state index < -0.39 is 0 Å². The topological polar surface area (TPSA) is 56.6 Å². The third-order valence-corrected chi connectivity index (χ3v) is 8.74. The maximum absolute atomic E-state index is 13.6. The quantitative estimate of drug-likeness (QED) is 0.462. The number of hydrogen-bond acceptors (Lipinski definition) is 7. The molecule has 2 aromatic rings. The Labute approximate surface area is 192 Å². The van der Waals surface area contributed by atoms with E-state index in [4.69, 9.17) is 14.5 Å². The van der Waals surface area contributed by atoms with Gasteiger partial charge in [-0.3, -0.25) is 14.3 Å². The van der Waals surface area contributed by atoms with Gasteiger partial charge in [-0.15, -0.1) is 11.3 Å². The van der Waals surface area contributed by atoms with E-state index in [1.807, 2.05) is 4.57 Å². The van der Waals surface area contributed by atoms with Crippen molar-refractivity contribution in [3.8, 4) is 0 Å². The van der Waals surface area contributed by atoms with Gasteiger partial charge in [0, 0.05) is 36.9 Å². The van der Waals surface area contributed by atoms with E-state index in [1.165, 1.54) is 10.4 Å². The molecule has 8 heteroatoms. The number of thioether (sulfide) groups is 1. The number of ether oxygens (including phenoxy) is 2. The van der Waals surface area contributed by atoms with Crippen molar-refractivity contribution in [2.45, 2.75) is 69.9 Å². The molecule has 0 saturated carbocycles. The molecule has 1 aliphatic carbocycles. The fourth-order valence-corrected chi connectivity index (χ4v) is 7.37. The molecule has 31 heavy (non-hydrogen) atoms. The normalized spacial score (nSPS) is 24.5. The second-order valence-corrected chi connectivity index (χ2v) is 11.5. The van der Waals surface area contributed by atoms with Gasteiger partial charge in [0.25, 0.3) is 5.56 Å². The summed E-state index contributed by atoms with van der Waals surface area (Å²) in [7, 11) is 0. The van der Waals surface area contributed by atoms with Gasteiger partial charge in [0.1, 0.15) is 4.83 Å². The van der Waals surface area contributed by atoms with E-state index in [0.717, 1.165) is 86.1 Å². The van der Waals surface area contributed by atoms with Crippen LogP contribution in [0.4, 0.5) is 0 Å². The Balaban J connectivity index is 1.39. The summed E-state index contributed by atoms with van der Waals surface area (Å²) in [6, 6.07) is 0. The van der Waals surface area contributed by atoms with E-state index >= 15 is 0 Å². The molecule has 6 nitrogen and oxygen atoms in total. The molecule has 2 aliphatic heterocycles. The summed E-state index contributed by atoms with van der Waals surface area (Å²) in [4.78, 5) is 23.4. The van der Waals surface area contributed by atoms with E-state index in [-0.39, 0.29) is 17.8 Å². The summed E-state index contributed by atoms with van der Waals surface area (Å²) in [5.41, 5.74) is 1.39. The number of aromatic nitrogens is 2. The molecular formula is C23H33N3O3S2. The highest BCUT2D eigenvalue weighted by atomic mass is 32.2. The minimum atomic E-state index is 0.121. The van der Waals surface area contributed by atoms with Gasteiger partial charge in [0.2, 0.25) is 0 Å². The number of rotatable bonds is 7. The summed E-state index contributed by atoms with van der Waals surface area (Å²) in [5, 5.41) is 1.70. The van der Waals surface area contributed by atoms with Crippen LogP contribution in [0.5, 0.6) is 0 Å². The molecule has 4 heterocycles. The first kappa shape index (κ1) is 21.9. The number of fused-ring (bicyclic) bond motifs is 3. The molecule has 3 aliphatic rings. The van der Waals surface area contributed by atoms with Crippen molar-refractivity contribution in [3.63, 3.8) is 0 Å². The van der Waals surface area contributed by atoms with E-state index in [2.05, 4.69) is 18.7 Å². The van der Waals surface area contributed by atoms with Crippen molar-refractivity contribution in [1.82, 2.24) is 14.5 Å². The number of hydrogen-bond donors (Lipinski definition) is 0. The van der Waals surface area contributed by atoms with E-state index in [9.17, 15) is 4.79 Å². The predicted octanol–water partition coefficient (Wildman–Crippen LogP) is 3.57. The van der Waals surface area contributed by atoms with E-state index in [1.54, 1.807) is 23.1 Å². The molecule has 2 saturated heterocycles. The SMILES string of the molecule is CC(C)CN1CCO[C@@H](CSc2nc3sc4c(c3c(=O)n2C[C@@H]2CCCO2)CCC4)C1. The molecule has 170 valence electrons. The molecule has 0 unspecified atom stereocenters. The highest BCUT2D eigenvalue weighted by Crippen LogP contribution is 2.36. The van der Waals surface area contributed by atoms with E-state index in [0.29, 0.717) is 12.5 Å². The molecule has 0 bridgehead atoms.